The Balaban J connectivity index is 1.71. The van der Waals surface area contributed by atoms with Crippen LogP contribution in [0.15, 0.2) is 12.3 Å². The van der Waals surface area contributed by atoms with Gasteiger partial charge >= 0.3 is 0 Å². The van der Waals surface area contributed by atoms with Gasteiger partial charge in [0.2, 0.25) is 0 Å². The first-order valence-corrected chi connectivity index (χ1v) is 8.65. The fourth-order valence-electron chi connectivity index (χ4n) is 3.74. The zero-order chi connectivity index (χ0) is 17.6. The van der Waals surface area contributed by atoms with Crippen LogP contribution in [0.3, 0.4) is 0 Å². The van der Waals surface area contributed by atoms with Gasteiger partial charge in [0.25, 0.3) is 0 Å². The number of fused-ring (bicyclic) bond motifs is 1. The minimum absolute atomic E-state index is 0.0868. The predicted octanol–water partition coefficient (Wildman–Crippen LogP) is 1.35. The minimum atomic E-state index is -0.0868. The van der Waals surface area contributed by atoms with Crippen LogP contribution in [0.5, 0.6) is 0 Å². The highest BCUT2D eigenvalue weighted by Crippen LogP contribution is 2.31. The molecular formula is C17H23N7O. The number of aliphatic hydroxyl groups excluding tert-OH is 1. The SMILES string of the molecule is Cc1nc2ccnn2c(N2CCCC(c3nnc(CO)n3C)C2)c1C. The van der Waals surface area contributed by atoms with E-state index in [4.69, 9.17) is 0 Å². The van der Waals surface area contributed by atoms with Crippen LogP contribution in [0.4, 0.5) is 5.82 Å². The van der Waals surface area contributed by atoms with Crippen LogP contribution in [0.25, 0.3) is 5.65 Å². The van der Waals surface area contributed by atoms with Crippen LogP contribution in [-0.4, -0.2) is 47.6 Å². The molecule has 1 N–H and O–H groups in total. The Morgan fingerprint density at radius 3 is 2.88 bits per heavy atom. The molecule has 1 aliphatic heterocycles. The lowest BCUT2D eigenvalue weighted by atomic mass is 9.96. The predicted molar refractivity (Wildman–Crippen MR) is 93.6 cm³/mol. The number of aliphatic hydroxyl groups is 1. The zero-order valence-electron chi connectivity index (χ0n) is 14.8. The smallest absolute Gasteiger partial charge is 0.158 e. The summed E-state index contributed by atoms with van der Waals surface area (Å²) < 4.78 is 3.85. The van der Waals surface area contributed by atoms with Gasteiger partial charge in [-0.3, -0.25) is 0 Å². The van der Waals surface area contributed by atoms with Crippen LogP contribution in [0, 0.1) is 13.8 Å². The number of hydrogen-bond acceptors (Lipinski definition) is 6. The van der Waals surface area contributed by atoms with Crippen LogP contribution >= 0.6 is 0 Å². The van der Waals surface area contributed by atoms with Gasteiger partial charge < -0.3 is 14.6 Å². The second-order valence-corrected chi connectivity index (χ2v) is 6.72. The molecular weight excluding hydrogens is 318 g/mol. The molecule has 3 aromatic rings. The average molecular weight is 341 g/mol. The lowest BCUT2D eigenvalue weighted by Gasteiger charge is -2.35. The molecule has 0 aromatic carbocycles. The Labute approximate surface area is 146 Å². The van der Waals surface area contributed by atoms with Crippen molar-refractivity contribution in [3.05, 3.63) is 35.2 Å². The van der Waals surface area contributed by atoms with Crippen LogP contribution in [-0.2, 0) is 13.7 Å². The first-order valence-electron chi connectivity index (χ1n) is 8.65. The van der Waals surface area contributed by atoms with Gasteiger partial charge in [-0.2, -0.15) is 9.61 Å². The van der Waals surface area contributed by atoms with E-state index in [2.05, 4.69) is 32.1 Å². The second-order valence-electron chi connectivity index (χ2n) is 6.72. The Kier molecular flexibility index (Phi) is 3.91. The summed E-state index contributed by atoms with van der Waals surface area (Å²) in [6, 6.07) is 1.94. The summed E-state index contributed by atoms with van der Waals surface area (Å²) >= 11 is 0. The number of aromatic nitrogens is 6. The molecule has 3 aromatic heterocycles. The molecule has 25 heavy (non-hydrogen) atoms. The summed E-state index contributed by atoms with van der Waals surface area (Å²) in [6.45, 7) is 5.91. The highest BCUT2D eigenvalue weighted by Gasteiger charge is 2.28. The van der Waals surface area contributed by atoms with Gasteiger partial charge in [-0.05, 0) is 26.7 Å². The number of anilines is 1. The van der Waals surface area contributed by atoms with Crippen molar-refractivity contribution in [1.29, 1.82) is 0 Å². The minimum Gasteiger partial charge on any atom is -0.388 e. The third kappa shape index (κ3) is 2.57. The summed E-state index contributed by atoms with van der Waals surface area (Å²) in [4.78, 5) is 7.00. The molecule has 0 radical (unpaired) electrons. The fraction of sp³-hybridized carbons (Fsp3) is 0.529. The van der Waals surface area contributed by atoms with Crippen molar-refractivity contribution in [3.8, 4) is 0 Å². The molecule has 0 aliphatic carbocycles. The Morgan fingerprint density at radius 2 is 2.12 bits per heavy atom. The molecule has 1 atom stereocenters. The van der Waals surface area contributed by atoms with Crippen molar-refractivity contribution in [3.63, 3.8) is 0 Å². The summed E-state index contributed by atoms with van der Waals surface area (Å²) in [5, 5.41) is 22.3. The van der Waals surface area contributed by atoms with Crippen molar-refractivity contribution in [1.82, 2.24) is 29.4 Å². The van der Waals surface area contributed by atoms with E-state index in [0.29, 0.717) is 5.82 Å². The number of nitrogens with zero attached hydrogens (tertiary/aromatic N) is 7. The van der Waals surface area contributed by atoms with Crippen molar-refractivity contribution in [2.45, 2.75) is 39.2 Å². The molecule has 0 spiro atoms. The topological polar surface area (TPSA) is 84.4 Å². The molecule has 8 nitrogen and oxygen atoms in total. The Hall–Kier alpha value is -2.48. The normalized spacial score (nSPS) is 18.2. The van der Waals surface area contributed by atoms with Gasteiger partial charge in [0.15, 0.2) is 11.5 Å². The standard InChI is InChI=1S/C17H23N7O/c1-11-12(2)19-14-6-7-18-24(14)17(11)23-8-4-5-13(9-23)16-21-20-15(10-25)22(16)3/h6-7,13,25H,4-5,8-10H2,1-3H3. The zero-order valence-corrected chi connectivity index (χ0v) is 14.8. The monoisotopic (exact) mass is 341 g/mol. The van der Waals surface area contributed by atoms with E-state index < -0.39 is 0 Å². The molecule has 1 fully saturated rings. The van der Waals surface area contributed by atoms with Crippen molar-refractivity contribution in [2.24, 2.45) is 7.05 Å². The van der Waals surface area contributed by atoms with Gasteiger partial charge in [0.05, 0.1) is 6.20 Å². The lowest BCUT2D eigenvalue weighted by molar-refractivity contribution is 0.266. The molecule has 4 rings (SSSR count). The highest BCUT2D eigenvalue weighted by molar-refractivity contribution is 5.56. The van der Waals surface area contributed by atoms with E-state index in [1.165, 1.54) is 0 Å². The van der Waals surface area contributed by atoms with Crippen molar-refractivity contribution >= 4 is 11.5 Å². The maximum absolute atomic E-state index is 9.37. The Bertz CT molecular complexity index is 913. The van der Waals surface area contributed by atoms with E-state index in [0.717, 1.165) is 54.5 Å². The highest BCUT2D eigenvalue weighted by atomic mass is 16.3. The summed E-state index contributed by atoms with van der Waals surface area (Å²) in [5.41, 5.74) is 3.07. The van der Waals surface area contributed by atoms with Gasteiger partial charge in [-0.25, -0.2) is 4.98 Å². The Morgan fingerprint density at radius 1 is 1.28 bits per heavy atom. The molecule has 1 saturated heterocycles. The number of piperidine rings is 1. The maximum Gasteiger partial charge on any atom is 0.158 e. The number of aryl methyl sites for hydroxylation is 1. The third-order valence-corrected chi connectivity index (χ3v) is 5.21. The largest absolute Gasteiger partial charge is 0.388 e. The molecule has 0 amide bonds. The lowest BCUT2D eigenvalue weighted by Crippen LogP contribution is -2.37. The number of hydrogen-bond donors (Lipinski definition) is 1. The van der Waals surface area contributed by atoms with Gasteiger partial charge in [0, 0.05) is 43.4 Å². The first-order chi connectivity index (χ1) is 12.1. The quantitative estimate of drug-likeness (QED) is 0.774. The van der Waals surface area contributed by atoms with Crippen LogP contribution in [0.1, 0.15) is 41.7 Å². The van der Waals surface area contributed by atoms with Crippen LogP contribution in [0.2, 0.25) is 0 Å². The molecule has 4 heterocycles. The van der Waals surface area contributed by atoms with Gasteiger partial charge in [-0.1, -0.05) is 0 Å². The van der Waals surface area contributed by atoms with Gasteiger partial charge in [-0.15, -0.1) is 10.2 Å². The molecule has 1 unspecified atom stereocenters. The second kappa shape index (κ2) is 6.11. The van der Waals surface area contributed by atoms with Gasteiger partial charge in [0.1, 0.15) is 18.2 Å². The summed E-state index contributed by atoms with van der Waals surface area (Å²) in [6.07, 6.45) is 3.94. The first kappa shape index (κ1) is 16.0. The maximum atomic E-state index is 9.37. The van der Waals surface area contributed by atoms with E-state index in [9.17, 15) is 5.11 Å². The molecule has 0 bridgehead atoms. The summed E-state index contributed by atoms with van der Waals surface area (Å²) in [7, 11) is 1.92. The van der Waals surface area contributed by atoms with Crippen molar-refractivity contribution < 1.29 is 5.11 Å². The molecule has 0 saturated carbocycles. The molecule has 132 valence electrons. The number of rotatable bonds is 3. The molecule has 1 aliphatic rings. The third-order valence-electron chi connectivity index (χ3n) is 5.21. The van der Waals surface area contributed by atoms with E-state index in [-0.39, 0.29) is 12.5 Å². The van der Waals surface area contributed by atoms with Crippen LogP contribution < -0.4 is 4.90 Å². The van der Waals surface area contributed by atoms with E-state index in [1.807, 2.05) is 29.1 Å². The average Bonchev–Trinajstić information content (AvgIpc) is 3.22. The van der Waals surface area contributed by atoms with E-state index in [1.54, 1.807) is 6.20 Å². The van der Waals surface area contributed by atoms with Crippen molar-refractivity contribution in [2.75, 3.05) is 18.0 Å². The fourth-order valence-corrected chi connectivity index (χ4v) is 3.74. The van der Waals surface area contributed by atoms with E-state index >= 15 is 0 Å². The molecule has 8 heteroatoms. The summed E-state index contributed by atoms with van der Waals surface area (Å²) in [5.74, 6) is 2.94.